The van der Waals surface area contributed by atoms with E-state index in [9.17, 15) is 0 Å². The van der Waals surface area contributed by atoms with Gasteiger partial charge in [0.25, 0.3) is 0 Å². The van der Waals surface area contributed by atoms with Crippen LogP contribution < -0.4 is 5.73 Å². The van der Waals surface area contributed by atoms with Gasteiger partial charge in [0, 0.05) is 24.7 Å². The summed E-state index contributed by atoms with van der Waals surface area (Å²) in [6.07, 6.45) is 1.37. The van der Waals surface area contributed by atoms with Gasteiger partial charge >= 0.3 is 0 Å². The van der Waals surface area contributed by atoms with E-state index in [1.807, 2.05) is 0 Å². The number of benzene rings is 1. The summed E-state index contributed by atoms with van der Waals surface area (Å²) in [6, 6.07) is 9.53. The van der Waals surface area contributed by atoms with Gasteiger partial charge in [-0.2, -0.15) is 0 Å². The average Bonchev–Trinajstić information content (AvgIpc) is 2.48. The molecule has 1 heterocycles. The van der Waals surface area contributed by atoms with Crippen LogP contribution in [0.2, 0.25) is 0 Å². The molecule has 4 unspecified atom stereocenters. The summed E-state index contributed by atoms with van der Waals surface area (Å²) in [6.45, 7) is 10.5. The summed E-state index contributed by atoms with van der Waals surface area (Å²) >= 11 is 0. The number of nitrogens with two attached hydrogens (primary N) is 1. The van der Waals surface area contributed by atoms with Crippen LogP contribution in [0.4, 0.5) is 0 Å². The van der Waals surface area contributed by atoms with E-state index >= 15 is 0 Å². The highest BCUT2D eigenvalue weighted by Crippen LogP contribution is 2.23. The Bertz CT molecular complexity index is 418. The molecule has 0 bridgehead atoms. The lowest BCUT2D eigenvalue weighted by Gasteiger charge is -2.42. The summed E-state index contributed by atoms with van der Waals surface area (Å²) < 4.78 is 5.70. The minimum absolute atomic E-state index is 0.0497. The molecule has 0 aliphatic carbocycles. The molecule has 1 aliphatic rings. The van der Waals surface area contributed by atoms with Crippen molar-refractivity contribution in [2.75, 3.05) is 13.2 Å². The molecule has 1 saturated heterocycles. The van der Waals surface area contributed by atoms with E-state index < -0.39 is 0 Å². The lowest BCUT2D eigenvalue weighted by Crippen LogP contribution is -2.54. The summed E-state index contributed by atoms with van der Waals surface area (Å²) in [5.41, 5.74) is 9.07. The molecule has 2 rings (SSSR count). The fraction of sp³-hybridized carbons (Fsp3) is 0.647. The molecule has 0 amide bonds. The topological polar surface area (TPSA) is 38.5 Å². The van der Waals surface area contributed by atoms with Gasteiger partial charge in [-0.15, -0.1) is 0 Å². The highest BCUT2D eigenvalue weighted by molar-refractivity contribution is 5.25. The van der Waals surface area contributed by atoms with Crippen LogP contribution in [0, 0.1) is 0 Å². The Morgan fingerprint density at radius 2 is 1.95 bits per heavy atom. The largest absolute Gasteiger partial charge is 0.376 e. The van der Waals surface area contributed by atoms with Crippen molar-refractivity contribution in [3.8, 4) is 0 Å². The smallest absolute Gasteiger partial charge is 0.0674 e. The lowest BCUT2D eigenvalue weighted by molar-refractivity contribution is -0.0668. The number of rotatable bonds is 4. The zero-order valence-corrected chi connectivity index (χ0v) is 13.2. The molecule has 1 aromatic rings. The van der Waals surface area contributed by atoms with E-state index in [2.05, 4.69) is 56.9 Å². The SMILES string of the molecule is CCc1ccc(C(N)C(C)N2CC(C)OCC2C)cc1. The fourth-order valence-electron chi connectivity index (χ4n) is 2.96. The van der Waals surface area contributed by atoms with Crippen LogP contribution in [-0.2, 0) is 11.2 Å². The predicted molar refractivity (Wildman–Crippen MR) is 83.8 cm³/mol. The molecule has 3 heteroatoms. The normalized spacial score (nSPS) is 27.2. The van der Waals surface area contributed by atoms with Crippen LogP contribution >= 0.6 is 0 Å². The van der Waals surface area contributed by atoms with Crippen LogP contribution in [-0.4, -0.2) is 36.2 Å². The maximum atomic E-state index is 6.49. The van der Waals surface area contributed by atoms with E-state index in [1.54, 1.807) is 0 Å². The Labute approximate surface area is 123 Å². The van der Waals surface area contributed by atoms with E-state index in [0.29, 0.717) is 18.2 Å². The van der Waals surface area contributed by atoms with Crippen LogP contribution in [0.5, 0.6) is 0 Å². The van der Waals surface area contributed by atoms with E-state index in [-0.39, 0.29) is 6.04 Å². The van der Waals surface area contributed by atoms with Gasteiger partial charge in [-0.25, -0.2) is 0 Å². The second-order valence-electron chi connectivity index (χ2n) is 6.05. The van der Waals surface area contributed by atoms with Crippen molar-refractivity contribution in [1.82, 2.24) is 4.90 Å². The number of hydrogen-bond donors (Lipinski definition) is 1. The van der Waals surface area contributed by atoms with Crippen molar-refractivity contribution in [2.24, 2.45) is 5.73 Å². The summed E-state index contributed by atoms with van der Waals surface area (Å²) in [5, 5.41) is 0. The summed E-state index contributed by atoms with van der Waals surface area (Å²) in [4.78, 5) is 2.48. The zero-order valence-electron chi connectivity index (χ0n) is 13.2. The van der Waals surface area contributed by atoms with Crippen molar-refractivity contribution in [2.45, 2.75) is 58.3 Å². The van der Waals surface area contributed by atoms with E-state index in [0.717, 1.165) is 19.6 Å². The molecule has 0 aromatic heterocycles. The molecule has 2 N–H and O–H groups in total. The fourth-order valence-corrected chi connectivity index (χ4v) is 2.96. The number of nitrogens with zero attached hydrogens (tertiary/aromatic N) is 1. The Kier molecular flexibility index (Phi) is 5.19. The van der Waals surface area contributed by atoms with Crippen molar-refractivity contribution in [3.63, 3.8) is 0 Å². The van der Waals surface area contributed by atoms with Crippen LogP contribution in [0.3, 0.4) is 0 Å². The van der Waals surface area contributed by atoms with Gasteiger partial charge in [-0.1, -0.05) is 31.2 Å². The molecular formula is C17H28N2O. The number of ether oxygens (including phenoxy) is 1. The average molecular weight is 276 g/mol. The highest BCUT2D eigenvalue weighted by Gasteiger charge is 2.30. The molecule has 4 atom stereocenters. The van der Waals surface area contributed by atoms with Gasteiger partial charge < -0.3 is 10.5 Å². The van der Waals surface area contributed by atoms with Gasteiger partial charge in [-0.05, 0) is 38.3 Å². The zero-order chi connectivity index (χ0) is 14.7. The quantitative estimate of drug-likeness (QED) is 0.919. The predicted octanol–water partition coefficient (Wildman–Crippen LogP) is 2.75. The number of hydrogen-bond acceptors (Lipinski definition) is 3. The van der Waals surface area contributed by atoms with Gasteiger partial charge in [0.05, 0.1) is 12.7 Å². The molecular weight excluding hydrogens is 248 g/mol. The molecule has 0 saturated carbocycles. The monoisotopic (exact) mass is 276 g/mol. The van der Waals surface area contributed by atoms with E-state index in [4.69, 9.17) is 10.5 Å². The minimum Gasteiger partial charge on any atom is -0.376 e. The molecule has 1 aromatic carbocycles. The summed E-state index contributed by atoms with van der Waals surface area (Å²) in [7, 11) is 0. The first-order chi connectivity index (χ1) is 9.52. The highest BCUT2D eigenvalue weighted by atomic mass is 16.5. The molecule has 0 radical (unpaired) electrons. The first kappa shape index (κ1) is 15.5. The van der Waals surface area contributed by atoms with Gasteiger partial charge in [-0.3, -0.25) is 4.90 Å². The number of aryl methyl sites for hydroxylation is 1. The van der Waals surface area contributed by atoms with Gasteiger partial charge in [0.15, 0.2) is 0 Å². The van der Waals surface area contributed by atoms with Crippen LogP contribution in [0.15, 0.2) is 24.3 Å². The van der Waals surface area contributed by atoms with Crippen molar-refractivity contribution >= 4 is 0 Å². The molecule has 0 spiro atoms. The summed E-state index contributed by atoms with van der Waals surface area (Å²) in [5.74, 6) is 0. The molecule has 1 fully saturated rings. The molecule has 20 heavy (non-hydrogen) atoms. The van der Waals surface area contributed by atoms with Crippen molar-refractivity contribution < 1.29 is 4.74 Å². The first-order valence-corrected chi connectivity index (χ1v) is 7.74. The van der Waals surface area contributed by atoms with E-state index in [1.165, 1.54) is 11.1 Å². The minimum atomic E-state index is 0.0497. The van der Waals surface area contributed by atoms with Crippen molar-refractivity contribution in [1.29, 1.82) is 0 Å². The second kappa shape index (κ2) is 6.70. The third kappa shape index (κ3) is 3.40. The third-order valence-electron chi connectivity index (χ3n) is 4.47. The lowest BCUT2D eigenvalue weighted by atomic mass is 9.97. The maximum Gasteiger partial charge on any atom is 0.0674 e. The Morgan fingerprint density at radius 1 is 1.30 bits per heavy atom. The molecule has 112 valence electrons. The van der Waals surface area contributed by atoms with Gasteiger partial charge in [0.2, 0.25) is 0 Å². The van der Waals surface area contributed by atoms with Crippen LogP contribution in [0.25, 0.3) is 0 Å². The molecule has 1 aliphatic heterocycles. The Hall–Kier alpha value is -0.900. The second-order valence-corrected chi connectivity index (χ2v) is 6.05. The first-order valence-electron chi connectivity index (χ1n) is 7.74. The van der Waals surface area contributed by atoms with Crippen molar-refractivity contribution in [3.05, 3.63) is 35.4 Å². The Morgan fingerprint density at radius 3 is 2.55 bits per heavy atom. The maximum absolute atomic E-state index is 6.49. The number of morpholine rings is 1. The standard InChI is InChI=1S/C17H28N2O/c1-5-15-6-8-16(9-7-15)17(18)14(4)19-10-13(3)20-11-12(19)2/h6-9,12-14,17H,5,10-11,18H2,1-4H3. The third-order valence-corrected chi connectivity index (χ3v) is 4.47. The Balaban J connectivity index is 2.08. The van der Waals surface area contributed by atoms with Crippen LogP contribution in [0.1, 0.15) is 44.9 Å². The van der Waals surface area contributed by atoms with Gasteiger partial charge in [0.1, 0.15) is 0 Å². The molecule has 3 nitrogen and oxygen atoms in total.